The molecule has 1 saturated heterocycles. The van der Waals surface area contributed by atoms with E-state index < -0.39 is 0 Å². The number of aromatic nitrogens is 3. The highest BCUT2D eigenvalue weighted by Gasteiger charge is 2.20. The summed E-state index contributed by atoms with van der Waals surface area (Å²) >= 11 is 3.24. The van der Waals surface area contributed by atoms with Crippen LogP contribution >= 0.6 is 15.9 Å². The molecule has 1 unspecified atom stereocenters. The summed E-state index contributed by atoms with van der Waals surface area (Å²) in [6, 6.07) is 0. The fourth-order valence-corrected chi connectivity index (χ4v) is 2.62. The fraction of sp³-hybridized carbons (Fsp3) is 0.727. The molecule has 0 saturated carbocycles. The molecule has 0 bridgehead atoms. The topological polar surface area (TPSA) is 57.0 Å². The molecular formula is C11H16BrN3O2. The van der Waals surface area contributed by atoms with Gasteiger partial charge in [-0.25, -0.2) is 4.68 Å². The Kier molecular flexibility index (Phi) is 4.28. The van der Waals surface area contributed by atoms with Crippen LogP contribution in [0.25, 0.3) is 0 Å². The molecule has 2 rings (SSSR count). The molecule has 1 atom stereocenters. The van der Waals surface area contributed by atoms with Gasteiger partial charge in [-0.15, -0.1) is 5.10 Å². The lowest BCUT2D eigenvalue weighted by atomic mass is 10.0. The van der Waals surface area contributed by atoms with E-state index in [1.54, 1.807) is 7.05 Å². The SMILES string of the molecule is Cn1nnc(Br)c1C(=O)CCC1CCCCO1. The zero-order valence-electron chi connectivity index (χ0n) is 9.86. The van der Waals surface area contributed by atoms with Gasteiger partial charge in [0.1, 0.15) is 5.69 Å². The predicted octanol–water partition coefficient (Wildman–Crippen LogP) is 2.11. The van der Waals surface area contributed by atoms with Crippen molar-refractivity contribution < 1.29 is 9.53 Å². The zero-order valence-corrected chi connectivity index (χ0v) is 11.4. The molecule has 0 spiro atoms. The molecule has 0 amide bonds. The van der Waals surface area contributed by atoms with E-state index in [4.69, 9.17) is 4.74 Å². The van der Waals surface area contributed by atoms with Crippen LogP contribution in [0.4, 0.5) is 0 Å². The third-order valence-corrected chi connectivity index (χ3v) is 3.55. The summed E-state index contributed by atoms with van der Waals surface area (Å²) in [5.41, 5.74) is 0.542. The second-order valence-electron chi connectivity index (χ2n) is 4.30. The number of halogens is 1. The minimum atomic E-state index is 0.0681. The number of ether oxygens (including phenoxy) is 1. The van der Waals surface area contributed by atoms with Crippen molar-refractivity contribution in [2.45, 2.75) is 38.2 Å². The average molecular weight is 302 g/mol. The Morgan fingerprint density at radius 3 is 3.00 bits per heavy atom. The van der Waals surface area contributed by atoms with Gasteiger partial charge in [0.2, 0.25) is 0 Å². The van der Waals surface area contributed by atoms with Crippen molar-refractivity contribution in [1.82, 2.24) is 15.0 Å². The maximum atomic E-state index is 12.0. The maximum absolute atomic E-state index is 12.0. The Bertz CT molecular complexity index is 380. The first-order valence-electron chi connectivity index (χ1n) is 5.88. The molecule has 17 heavy (non-hydrogen) atoms. The number of Topliss-reactive ketones (excluding diaryl/α,β-unsaturated/α-hetero) is 1. The average Bonchev–Trinajstić information content (AvgIpc) is 2.67. The number of hydrogen-bond donors (Lipinski definition) is 0. The van der Waals surface area contributed by atoms with E-state index in [-0.39, 0.29) is 11.9 Å². The Hall–Kier alpha value is -0.750. The van der Waals surface area contributed by atoms with Crippen molar-refractivity contribution in [3.8, 4) is 0 Å². The molecule has 5 nitrogen and oxygen atoms in total. The van der Waals surface area contributed by atoms with Crippen LogP contribution in [0.1, 0.15) is 42.6 Å². The van der Waals surface area contributed by atoms with Crippen LogP contribution in [0.3, 0.4) is 0 Å². The van der Waals surface area contributed by atoms with Crippen LogP contribution in [0, 0.1) is 0 Å². The highest BCUT2D eigenvalue weighted by atomic mass is 79.9. The van der Waals surface area contributed by atoms with Crippen LogP contribution in [-0.4, -0.2) is 33.5 Å². The summed E-state index contributed by atoms with van der Waals surface area (Å²) in [5, 5.41) is 7.61. The Morgan fingerprint density at radius 1 is 1.59 bits per heavy atom. The lowest BCUT2D eigenvalue weighted by Crippen LogP contribution is -2.20. The van der Waals surface area contributed by atoms with E-state index in [2.05, 4.69) is 26.2 Å². The standard InChI is InChI=1S/C11H16BrN3O2/c1-15-10(11(12)13-14-15)9(16)6-5-8-4-2-3-7-17-8/h8H,2-7H2,1H3. The largest absolute Gasteiger partial charge is 0.378 e. The minimum absolute atomic E-state index is 0.0681. The highest BCUT2D eigenvalue weighted by Crippen LogP contribution is 2.20. The van der Waals surface area contributed by atoms with Gasteiger partial charge in [-0.2, -0.15) is 0 Å². The van der Waals surface area contributed by atoms with Crippen molar-refractivity contribution in [2.75, 3.05) is 6.61 Å². The molecule has 0 radical (unpaired) electrons. The van der Waals surface area contributed by atoms with Crippen molar-refractivity contribution in [2.24, 2.45) is 7.05 Å². The number of ketones is 1. The van der Waals surface area contributed by atoms with Crippen LogP contribution in [0.2, 0.25) is 0 Å². The lowest BCUT2D eigenvalue weighted by molar-refractivity contribution is 0.0104. The highest BCUT2D eigenvalue weighted by molar-refractivity contribution is 9.10. The first-order chi connectivity index (χ1) is 8.18. The lowest BCUT2D eigenvalue weighted by Gasteiger charge is -2.22. The molecule has 1 aliphatic rings. The van der Waals surface area contributed by atoms with Gasteiger partial charge < -0.3 is 4.74 Å². The van der Waals surface area contributed by atoms with Crippen LogP contribution in [-0.2, 0) is 11.8 Å². The number of aryl methyl sites for hydroxylation is 1. The normalized spacial score (nSPS) is 20.5. The summed E-state index contributed by atoms with van der Waals surface area (Å²) in [7, 11) is 1.72. The smallest absolute Gasteiger partial charge is 0.183 e. The Balaban J connectivity index is 1.89. The third-order valence-electron chi connectivity index (χ3n) is 3.02. The van der Waals surface area contributed by atoms with Gasteiger partial charge in [0.25, 0.3) is 0 Å². The molecule has 6 heteroatoms. The quantitative estimate of drug-likeness (QED) is 0.799. The number of carbonyl (C=O) groups is 1. The maximum Gasteiger partial charge on any atom is 0.183 e. The summed E-state index contributed by atoms with van der Waals surface area (Å²) in [4.78, 5) is 12.0. The second kappa shape index (κ2) is 5.73. The van der Waals surface area contributed by atoms with Gasteiger partial charge in [0.05, 0.1) is 6.10 Å². The summed E-state index contributed by atoms with van der Waals surface area (Å²) in [5.74, 6) is 0.0681. The number of hydrogen-bond acceptors (Lipinski definition) is 4. The van der Waals surface area contributed by atoms with Gasteiger partial charge in [-0.1, -0.05) is 5.21 Å². The van der Waals surface area contributed by atoms with E-state index in [0.717, 1.165) is 25.9 Å². The Morgan fingerprint density at radius 2 is 2.41 bits per heavy atom. The van der Waals surface area contributed by atoms with Gasteiger partial charge in [0, 0.05) is 20.1 Å². The van der Waals surface area contributed by atoms with E-state index in [9.17, 15) is 4.79 Å². The number of carbonyl (C=O) groups excluding carboxylic acids is 1. The Labute approximate surface area is 109 Å². The minimum Gasteiger partial charge on any atom is -0.378 e. The summed E-state index contributed by atoms with van der Waals surface area (Å²) in [6.45, 7) is 0.829. The second-order valence-corrected chi connectivity index (χ2v) is 5.05. The number of nitrogens with zero attached hydrogens (tertiary/aromatic N) is 3. The molecule has 94 valence electrons. The molecular weight excluding hydrogens is 286 g/mol. The van der Waals surface area contributed by atoms with E-state index in [1.165, 1.54) is 11.1 Å². The summed E-state index contributed by atoms with van der Waals surface area (Å²) < 4.78 is 7.64. The van der Waals surface area contributed by atoms with Gasteiger partial charge in [0.15, 0.2) is 10.4 Å². The van der Waals surface area contributed by atoms with Gasteiger partial charge >= 0.3 is 0 Å². The van der Waals surface area contributed by atoms with Crippen molar-refractivity contribution in [1.29, 1.82) is 0 Å². The van der Waals surface area contributed by atoms with Crippen molar-refractivity contribution >= 4 is 21.7 Å². The molecule has 0 aromatic carbocycles. The monoisotopic (exact) mass is 301 g/mol. The molecule has 1 fully saturated rings. The zero-order chi connectivity index (χ0) is 12.3. The van der Waals surface area contributed by atoms with Crippen LogP contribution < -0.4 is 0 Å². The van der Waals surface area contributed by atoms with Gasteiger partial charge in [-0.05, 0) is 41.6 Å². The van der Waals surface area contributed by atoms with E-state index >= 15 is 0 Å². The first kappa shape index (κ1) is 12.7. The van der Waals surface area contributed by atoms with E-state index in [1.807, 2.05) is 0 Å². The first-order valence-corrected chi connectivity index (χ1v) is 6.67. The number of rotatable bonds is 4. The predicted molar refractivity (Wildman–Crippen MR) is 65.9 cm³/mol. The molecule has 1 aromatic heterocycles. The molecule has 2 heterocycles. The molecule has 0 aliphatic carbocycles. The fourth-order valence-electron chi connectivity index (χ4n) is 2.07. The third kappa shape index (κ3) is 3.13. The molecule has 0 N–H and O–H groups in total. The molecule has 1 aromatic rings. The van der Waals surface area contributed by atoms with Gasteiger partial charge in [-0.3, -0.25) is 4.79 Å². The summed E-state index contributed by atoms with van der Waals surface area (Å²) in [6.07, 6.45) is 4.93. The van der Waals surface area contributed by atoms with Crippen molar-refractivity contribution in [3.05, 3.63) is 10.3 Å². The van der Waals surface area contributed by atoms with Crippen LogP contribution in [0.5, 0.6) is 0 Å². The van der Waals surface area contributed by atoms with Crippen molar-refractivity contribution in [3.63, 3.8) is 0 Å². The van der Waals surface area contributed by atoms with E-state index in [0.29, 0.717) is 16.7 Å². The molecule has 1 aliphatic heterocycles. The van der Waals surface area contributed by atoms with Crippen LogP contribution in [0.15, 0.2) is 4.60 Å².